The fraction of sp³-hybridized carbons (Fsp3) is 0.206. The van der Waals surface area contributed by atoms with Crippen LogP contribution in [0.15, 0.2) is 106 Å². The monoisotopic (exact) mass is 731 g/mol. The molecule has 16 heteroatoms. The maximum absolute atomic E-state index is 13.0. The van der Waals surface area contributed by atoms with Crippen LogP contribution in [0.5, 0.6) is 5.75 Å². The highest BCUT2D eigenvalue weighted by molar-refractivity contribution is 7.99. The molecule has 0 radical (unpaired) electrons. The van der Waals surface area contributed by atoms with E-state index in [9.17, 15) is 28.4 Å². The van der Waals surface area contributed by atoms with Gasteiger partial charge in [-0.3, -0.25) is 19.8 Å². The fourth-order valence-corrected chi connectivity index (χ4v) is 8.06. The molecule has 50 heavy (non-hydrogen) atoms. The molecule has 0 atom stereocenters. The Hall–Kier alpha value is -5.03. The number of hydrogen-bond acceptors (Lipinski definition) is 13. The number of carbonyl (C=O) groups excluding carboxylic acids is 1. The number of carbonyl (C=O) groups is 1. The molecule has 258 valence electrons. The Kier molecular flexibility index (Phi) is 10.9. The largest absolute Gasteiger partial charge is 0.508 e. The number of aromatic hydroxyl groups is 1. The molecule has 0 saturated carbocycles. The Labute approximate surface area is 297 Å². The number of benzene rings is 3. The zero-order valence-electron chi connectivity index (χ0n) is 26.6. The average Bonchev–Trinajstić information content (AvgIpc) is 3.59. The van der Waals surface area contributed by atoms with Crippen LogP contribution in [0.25, 0.3) is 11.1 Å². The highest BCUT2D eigenvalue weighted by atomic mass is 32.2. The summed E-state index contributed by atoms with van der Waals surface area (Å²) in [6.45, 7) is 4.16. The van der Waals surface area contributed by atoms with Crippen LogP contribution in [0.3, 0.4) is 0 Å². The molecule has 1 saturated heterocycles. The van der Waals surface area contributed by atoms with E-state index >= 15 is 0 Å². The van der Waals surface area contributed by atoms with E-state index in [1.807, 2.05) is 52.1 Å². The van der Waals surface area contributed by atoms with E-state index < -0.39 is 31.4 Å². The van der Waals surface area contributed by atoms with Gasteiger partial charge in [0.1, 0.15) is 11.4 Å². The van der Waals surface area contributed by atoms with Crippen LogP contribution in [0, 0.1) is 10.1 Å². The maximum Gasteiger partial charge on any atom is 0.293 e. The molecule has 13 nitrogen and oxygen atoms in total. The predicted molar refractivity (Wildman–Crippen MR) is 194 cm³/mol. The summed E-state index contributed by atoms with van der Waals surface area (Å²) in [6.07, 6.45) is 0. The molecular formula is C34H33N7O6S3. The van der Waals surface area contributed by atoms with Gasteiger partial charge in [-0.15, -0.1) is 33.3 Å². The lowest BCUT2D eigenvalue weighted by Crippen LogP contribution is -2.46. The van der Waals surface area contributed by atoms with E-state index in [0.717, 1.165) is 41.7 Å². The third kappa shape index (κ3) is 8.76. The number of phenolic OH excluding ortho intramolecular Hbond substituents is 1. The third-order valence-electron chi connectivity index (χ3n) is 7.92. The van der Waals surface area contributed by atoms with Gasteiger partial charge < -0.3 is 15.3 Å². The zero-order valence-corrected chi connectivity index (χ0v) is 29.1. The van der Waals surface area contributed by atoms with Gasteiger partial charge in [0.25, 0.3) is 21.6 Å². The number of nitrogens with one attached hydrogen (secondary N) is 2. The number of thioether (sulfide) groups is 1. The van der Waals surface area contributed by atoms with Gasteiger partial charge in [-0.2, -0.15) is 0 Å². The van der Waals surface area contributed by atoms with Crippen molar-refractivity contribution in [3.05, 3.63) is 117 Å². The Bertz CT molecular complexity index is 2070. The van der Waals surface area contributed by atoms with Gasteiger partial charge in [-0.25, -0.2) is 13.1 Å². The number of phenols is 1. The molecular weight excluding hydrogens is 699 g/mol. The van der Waals surface area contributed by atoms with E-state index in [0.29, 0.717) is 31.2 Å². The van der Waals surface area contributed by atoms with Gasteiger partial charge in [-0.05, 0) is 71.1 Å². The van der Waals surface area contributed by atoms with Crippen molar-refractivity contribution in [3.63, 3.8) is 0 Å². The molecule has 3 heterocycles. The molecule has 1 aliphatic heterocycles. The minimum atomic E-state index is -4.45. The summed E-state index contributed by atoms with van der Waals surface area (Å²) in [6, 6.07) is 25.5. The Balaban J connectivity index is 1.01. The molecule has 0 unspecified atom stereocenters. The number of nitro groups is 1. The topological polar surface area (TPSA) is 171 Å². The highest BCUT2D eigenvalue weighted by Crippen LogP contribution is 2.30. The van der Waals surface area contributed by atoms with Crippen molar-refractivity contribution in [1.29, 1.82) is 0 Å². The number of piperazine rings is 1. The van der Waals surface area contributed by atoms with Crippen LogP contribution >= 0.6 is 23.1 Å². The van der Waals surface area contributed by atoms with E-state index in [1.54, 1.807) is 41.3 Å². The van der Waals surface area contributed by atoms with E-state index in [-0.39, 0.29) is 17.1 Å². The number of hydrogen-bond donors (Lipinski definition) is 3. The minimum Gasteiger partial charge on any atom is -0.508 e. The number of thiophene rings is 1. The number of amides is 1. The summed E-state index contributed by atoms with van der Waals surface area (Å²) in [4.78, 5) is 30.2. The van der Waals surface area contributed by atoms with Crippen molar-refractivity contribution in [2.75, 3.05) is 48.7 Å². The van der Waals surface area contributed by atoms with Gasteiger partial charge in [0.15, 0.2) is 11.5 Å². The van der Waals surface area contributed by atoms with Gasteiger partial charge in [0, 0.05) is 60.9 Å². The van der Waals surface area contributed by atoms with Crippen molar-refractivity contribution in [1.82, 2.24) is 19.8 Å². The van der Waals surface area contributed by atoms with E-state index in [2.05, 4.69) is 31.9 Å². The molecule has 5 aromatic rings. The lowest BCUT2D eigenvalue weighted by atomic mass is 10.1. The second-order valence-corrected chi connectivity index (χ2v) is 15.2. The molecule has 3 N–H and O–H groups in total. The number of nitrogens with zero attached hydrogens (tertiary/aromatic N) is 5. The fourth-order valence-electron chi connectivity index (χ4n) is 5.35. The number of nitro benzene ring substituents is 1. The molecule has 6 rings (SSSR count). The van der Waals surface area contributed by atoms with E-state index in [4.69, 9.17) is 0 Å². The smallest absolute Gasteiger partial charge is 0.293 e. The first-order valence-electron chi connectivity index (χ1n) is 15.6. The molecule has 3 aromatic carbocycles. The Morgan fingerprint density at radius 1 is 0.940 bits per heavy atom. The van der Waals surface area contributed by atoms with Crippen molar-refractivity contribution >= 4 is 56.2 Å². The first kappa shape index (κ1) is 34.8. The van der Waals surface area contributed by atoms with Gasteiger partial charge in [-0.1, -0.05) is 30.3 Å². The number of anilines is 2. The second-order valence-electron chi connectivity index (χ2n) is 11.4. The lowest BCUT2D eigenvalue weighted by Gasteiger charge is -2.34. The lowest BCUT2D eigenvalue weighted by molar-refractivity contribution is -0.384. The maximum atomic E-state index is 13.0. The van der Waals surface area contributed by atoms with Crippen LogP contribution in [0.1, 0.15) is 15.4 Å². The molecule has 0 aliphatic carbocycles. The van der Waals surface area contributed by atoms with Crippen LogP contribution in [-0.2, 0) is 16.6 Å². The first-order chi connectivity index (χ1) is 24.1. The molecule has 0 bridgehead atoms. The van der Waals surface area contributed by atoms with Crippen LogP contribution in [0.4, 0.5) is 17.2 Å². The van der Waals surface area contributed by atoms with Crippen molar-refractivity contribution in [3.8, 4) is 16.9 Å². The third-order valence-corrected chi connectivity index (χ3v) is 11.2. The van der Waals surface area contributed by atoms with Crippen molar-refractivity contribution < 1.29 is 23.2 Å². The average molecular weight is 732 g/mol. The van der Waals surface area contributed by atoms with E-state index in [1.165, 1.54) is 23.1 Å². The van der Waals surface area contributed by atoms with Crippen molar-refractivity contribution in [2.45, 2.75) is 16.3 Å². The summed E-state index contributed by atoms with van der Waals surface area (Å²) >= 11 is 3.26. The molecule has 1 amide bonds. The second kappa shape index (κ2) is 15.7. The van der Waals surface area contributed by atoms with Crippen LogP contribution in [0.2, 0.25) is 0 Å². The SMILES string of the molecule is O=C(NS(=O)(=O)c1ccc(NCCSc2ccccc2)c([N+](=O)[O-])c1)c1ccc(N2CCN(Cc3cc(-c4cccc(O)c4)cs3)CC2)nn1. The minimum absolute atomic E-state index is 0.168. The number of rotatable bonds is 13. The Morgan fingerprint density at radius 2 is 1.74 bits per heavy atom. The standard InChI is InChI=1S/C34H33N7O6S3/c42-26-6-4-5-24(19-26)25-20-28(49-23-25)22-39-14-16-40(17-15-39)33-12-11-31(36-37-33)34(43)38-50(46,47)29-9-10-30(32(21-29)41(44)45)35-13-18-48-27-7-2-1-3-8-27/h1-12,19-21,23,35,42H,13-18,22H2,(H,38,43). The summed E-state index contributed by atoms with van der Waals surface area (Å²) in [5.74, 6) is 0.429. The predicted octanol–water partition coefficient (Wildman–Crippen LogP) is 5.46. The summed E-state index contributed by atoms with van der Waals surface area (Å²) in [7, 11) is -4.45. The molecule has 2 aromatic heterocycles. The molecule has 0 spiro atoms. The van der Waals surface area contributed by atoms with Gasteiger partial charge in [0.2, 0.25) is 0 Å². The zero-order chi connectivity index (χ0) is 35.1. The normalized spacial score (nSPS) is 13.6. The number of sulfonamides is 1. The highest BCUT2D eigenvalue weighted by Gasteiger charge is 2.25. The van der Waals surface area contributed by atoms with Crippen LogP contribution < -0.4 is 14.9 Å². The summed E-state index contributed by atoms with van der Waals surface area (Å²) in [5.41, 5.74) is 1.58. The number of aromatic nitrogens is 2. The molecule has 1 aliphatic rings. The van der Waals surface area contributed by atoms with Gasteiger partial charge >= 0.3 is 0 Å². The molecule has 1 fully saturated rings. The first-order valence-corrected chi connectivity index (χ1v) is 18.9. The summed E-state index contributed by atoms with van der Waals surface area (Å²) in [5, 5.41) is 34.8. The van der Waals surface area contributed by atoms with Gasteiger partial charge in [0.05, 0.1) is 9.82 Å². The van der Waals surface area contributed by atoms with Crippen LogP contribution in [-0.4, -0.2) is 77.9 Å². The van der Waals surface area contributed by atoms with Crippen molar-refractivity contribution in [2.24, 2.45) is 0 Å². The Morgan fingerprint density at radius 3 is 2.46 bits per heavy atom. The quantitative estimate of drug-likeness (QED) is 0.0605. The summed E-state index contributed by atoms with van der Waals surface area (Å²) < 4.78 is 28.0.